The van der Waals surface area contributed by atoms with Gasteiger partial charge in [-0.25, -0.2) is 23.5 Å². The molecule has 4 rings (SSSR count). The molecule has 0 radical (unpaired) electrons. The Hall–Kier alpha value is -3.14. The summed E-state index contributed by atoms with van der Waals surface area (Å²) in [6.07, 6.45) is 3.88. The Kier molecular flexibility index (Phi) is 6.77. The van der Waals surface area contributed by atoms with Crippen LogP contribution >= 0.6 is 11.8 Å². The maximum atomic E-state index is 14.1. The molecule has 0 bridgehead atoms. The molecule has 1 aromatic carbocycles. The number of pyridine rings is 1. The molecule has 0 unspecified atom stereocenters. The fourth-order valence-electron chi connectivity index (χ4n) is 5.05. The smallest absolute Gasteiger partial charge is 0.407 e. The lowest BCUT2D eigenvalue weighted by Crippen LogP contribution is -2.53. The molecule has 1 N–H and O–H groups in total. The van der Waals surface area contributed by atoms with E-state index >= 15 is 0 Å². The van der Waals surface area contributed by atoms with Gasteiger partial charge in [0.15, 0.2) is 5.65 Å². The van der Waals surface area contributed by atoms with Crippen molar-refractivity contribution in [2.45, 2.75) is 69.0 Å². The number of nitrogens with zero attached hydrogens (tertiary/aromatic N) is 4. The van der Waals surface area contributed by atoms with Crippen molar-refractivity contribution in [1.29, 1.82) is 0 Å². The number of carboxylic acid groups (broad SMARTS) is 1. The molecular weight excluding hydrogens is 471 g/mol. The molecule has 1 saturated carbocycles. The minimum atomic E-state index is -0.985. The third-order valence-corrected chi connectivity index (χ3v) is 7.25. The highest BCUT2D eigenvalue weighted by Gasteiger charge is 2.36. The van der Waals surface area contributed by atoms with E-state index in [9.17, 15) is 23.9 Å². The van der Waals surface area contributed by atoms with Gasteiger partial charge in [0.2, 0.25) is 0 Å². The van der Waals surface area contributed by atoms with Crippen LogP contribution in [0.2, 0.25) is 0 Å². The molecule has 0 saturated heterocycles. The minimum Gasteiger partial charge on any atom is -0.465 e. The summed E-state index contributed by atoms with van der Waals surface area (Å²) < 4.78 is 16.7. The number of halogens is 1. The second kappa shape index (κ2) is 9.49. The van der Waals surface area contributed by atoms with E-state index in [-0.39, 0.29) is 17.1 Å². The number of benzene rings is 1. The van der Waals surface area contributed by atoms with Gasteiger partial charge in [-0.05, 0) is 77.0 Å². The standard InChI is InChI=1S/C25H29FN4O4S/c1-25(2,3)30(24(33)34)17-10-8-16(9-11-17)29-22(31)20-12-15(26)14-27-21(20)28(23(29)32)18-6-5-7-19(13-18)35-4/h5-7,12-14,16-17H,8-11H2,1-4H3,(H,33,34)/t16-,17+. The van der Waals surface area contributed by atoms with Crippen LogP contribution in [-0.4, -0.2) is 48.1 Å². The van der Waals surface area contributed by atoms with Crippen molar-refractivity contribution >= 4 is 28.9 Å². The van der Waals surface area contributed by atoms with E-state index in [0.717, 1.165) is 17.2 Å². The summed E-state index contributed by atoms with van der Waals surface area (Å²) in [7, 11) is 0. The fourth-order valence-corrected chi connectivity index (χ4v) is 5.51. The second-order valence-electron chi connectivity index (χ2n) is 9.81. The van der Waals surface area contributed by atoms with Crippen LogP contribution in [0, 0.1) is 5.82 Å². The number of rotatable bonds is 4. The van der Waals surface area contributed by atoms with E-state index in [1.165, 1.54) is 25.8 Å². The van der Waals surface area contributed by atoms with Crippen LogP contribution in [0.15, 0.2) is 51.0 Å². The highest BCUT2D eigenvalue weighted by molar-refractivity contribution is 7.98. The van der Waals surface area contributed by atoms with Crippen molar-refractivity contribution in [2.24, 2.45) is 0 Å². The molecule has 2 heterocycles. The van der Waals surface area contributed by atoms with Gasteiger partial charge >= 0.3 is 11.8 Å². The number of thioether (sulfide) groups is 1. The number of aromatic nitrogens is 3. The summed E-state index contributed by atoms with van der Waals surface area (Å²) >= 11 is 1.52. The van der Waals surface area contributed by atoms with E-state index in [0.29, 0.717) is 31.4 Å². The lowest BCUT2D eigenvalue weighted by atomic mass is 9.88. The van der Waals surface area contributed by atoms with E-state index in [4.69, 9.17) is 0 Å². The van der Waals surface area contributed by atoms with Crippen molar-refractivity contribution in [3.05, 3.63) is 63.2 Å². The molecule has 186 valence electrons. The van der Waals surface area contributed by atoms with Crippen LogP contribution in [-0.2, 0) is 0 Å². The van der Waals surface area contributed by atoms with Crippen LogP contribution in [0.25, 0.3) is 16.7 Å². The summed E-state index contributed by atoms with van der Waals surface area (Å²) in [5.41, 5.74) is -1.04. The van der Waals surface area contributed by atoms with E-state index in [1.54, 1.807) is 6.07 Å². The third-order valence-electron chi connectivity index (χ3n) is 6.53. The first-order valence-corrected chi connectivity index (χ1v) is 12.7. The molecule has 2 aromatic heterocycles. The first-order chi connectivity index (χ1) is 16.5. The summed E-state index contributed by atoms with van der Waals surface area (Å²) in [5, 5.41) is 9.79. The molecule has 8 nitrogen and oxygen atoms in total. The molecule has 0 atom stereocenters. The van der Waals surface area contributed by atoms with E-state index in [1.807, 2.05) is 45.2 Å². The highest BCUT2D eigenvalue weighted by atomic mass is 32.2. The minimum absolute atomic E-state index is 0.0307. The van der Waals surface area contributed by atoms with Crippen LogP contribution < -0.4 is 11.2 Å². The van der Waals surface area contributed by atoms with Gasteiger partial charge in [0.05, 0.1) is 17.3 Å². The van der Waals surface area contributed by atoms with Crippen LogP contribution in [0.1, 0.15) is 52.5 Å². The number of fused-ring (bicyclic) bond motifs is 1. The average molecular weight is 501 g/mol. The first-order valence-electron chi connectivity index (χ1n) is 11.5. The molecule has 1 aliphatic carbocycles. The van der Waals surface area contributed by atoms with E-state index < -0.39 is 34.7 Å². The van der Waals surface area contributed by atoms with Gasteiger partial charge in [-0.3, -0.25) is 9.36 Å². The monoisotopic (exact) mass is 500 g/mol. The van der Waals surface area contributed by atoms with E-state index in [2.05, 4.69) is 4.98 Å². The summed E-state index contributed by atoms with van der Waals surface area (Å²) in [6.45, 7) is 5.55. The van der Waals surface area contributed by atoms with Crippen molar-refractivity contribution in [1.82, 2.24) is 19.0 Å². The van der Waals surface area contributed by atoms with Crippen LogP contribution in [0.5, 0.6) is 0 Å². The summed E-state index contributed by atoms with van der Waals surface area (Å²) in [6, 6.07) is 7.80. The Morgan fingerprint density at radius 1 is 1.17 bits per heavy atom. The van der Waals surface area contributed by atoms with Crippen LogP contribution in [0.3, 0.4) is 0 Å². The Balaban J connectivity index is 1.81. The molecule has 10 heteroatoms. The quantitative estimate of drug-likeness (QED) is 0.523. The maximum absolute atomic E-state index is 14.1. The third kappa shape index (κ3) is 4.71. The fraction of sp³-hybridized carbons (Fsp3) is 0.440. The highest BCUT2D eigenvalue weighted by Crippen LogP contribution is 2.33. The Labute approximate surface area is 206 Å². The van der Waals surface area contributed by atoms with Gasteiger partial charge in [-0.1, -0.05) is 6.07 Å². The lowest BCUT2D eigenvalue weighted by molar-refractivity contribution is 0.0506. The van der Waals surface area contributed by atoms with Gasteiger partial charge in [0, 0.05) is 22.5 Å². The number of amides is 1. The molecule has 35 heavy (non-hydrogen) atoms. The van der Waals surface area contributed by atoms with Crippen molar-refractivity contribution in [2.75, 3.05) is 6.26 Å². The molecule has 1 fully saturated rings. The van der Waals surface area contributed by atoms with Crippen molar-refractivity contribution in [3.8, 4) is 5.69 Å². The average Bonchev–Trinajstić information content (AvgIpc) is 2.80. The number of hydrogen-bond donors (Lipinski definition) is 1. The number of carbonyl (C=O) groups is 1. The molecule has 0 aliphatic heterocycles. The van der Waals surface area contributed by atoms with Gasteiger partial charge in [0.1, 0.15) is 5.82 Å². The molecular formula is C25H29FN4O4S. The zero-order chi connectivity index (χ0) is 25.5. The normalized spacial score (nSPS) is 18.5. The zero-order valence-corrected chi connectivity index (χ0v) is 21.0. The lowest BCUT2D eigenvalue weighted by Gasteiger charge is -2.42. The van der Waals surface area contributed by atoms with Crippen molar-refractivity contribution in [3.63, 3.8) is 0 Å². The van der Waals surface area contributed by atoms with Crippen LogP contribution in [0.4, 0.5) is 9.18 Å². The largest absolute Gasteiger partial charge is 0.465 e. The van der Waals surface area contributed by atoms with Gasteiger partial charge in [-0.15, -0.1) is 11.8 Å². The molecule has 1 aliphatic rings. The molecule has 3 aromatic rings. The SMILES string of the molecule is CSc1cccc(-n2c(=O)n([C@H]3CC[C@@H](N(C(=O)O)C(C)(C)C)CC3)c(=O)c3cc(F)cnc32)c1. The summed E-state index contributed by atoms with van der Waals surface area (Å²) in [5.74, 6) is -0.657. The topological polar surface area (TPSA) is 97.4 Å². The molecule has 1 amide bonds. The van der Waals surface area contributed by atoms with Gasteiger partial charge in [-0.2, -0.15) is 0 Å². The Morgan fingerprint density at radius 2 is 1.86 bits per heavy atom. The van der Waals surface area contributed by atoms with Gasteiger partial charge in [0.25, 0.3) is 5.56 Å². The predicted octanol–water partition coefficient (Wildman–Crippen LogP) is 4.67. The maximum Gasteiger partial charge on any atom is 0.407 e. The van der Waals surface area contributed by atoms with Gasteiger partial charge < -0.3 is 10.0 Å². The second-order valence-corrected chi connectivity index (χ2v) is 10.7. The first kappa shape index (κ1) is 25.0. The summed E-state index contributed by atoms with van der Waals surface area (Å²) in [4.78, 5) is 45.6. The zero-order valence-electron chi connectivity index (χ0n) is 20.2. The predicted molar refractivity (Wildman–Crippen MR) is 134 cm³/mol. The Bertz CT molecular complexity index is 1390. The Morgan fingerprint density at radius 3 is 2.46 bits per heavy atom. The molecule has 0 spiro atoms. The number of hydrogen-bond acceptors (Lipinski definition) is 5. The van der Waals surface area contributed by atoms with Crippen molar-refractivity contribution < 1.29 is 14.3 Å².